The van der Waals surface area contributed by atoms with Gasteiger partial charge in [0.15, 0.2) is 0 Å². The molecule has 0 aliphatic carbocycles. The Morgan fingerprint density at radius 1 is 1.20 bits per heavy atom. The Labute approximate surface area is 176 Å². The van der Waals surface area contributed by atoms with Crippen LogP contribution >= 0.6 is 0 Å². The molecule has 0 radical (unpaired) electrons. The molecule has 0 saturated carbocycles. The van der Waals surface area contributed by atoms with Crippen LogP contribution in [-0.4, -0.2) is 67.0 Å². The highest BCUT2D eigenvalue weighted by Crippen LogP contribution is 2.38. The summed E-state index contributed by atoms with van der Waals surface area (Å²) in [6.07, 6.45) is 2.18. The molecule has 1 spiro atoms. The minimum Gasteiger partial charge on any atom is -0.483 e. The summed E-state index contributed by atoms with van der Waals surface area (Å²) in [6.45, 7) is 3.38. The minimum absolute atomic E-state index is 0.0130. The summed E-state index contributed by atoms with van der Waals surface area (Å²) in [5.74, 6) is 0.203. The van der Waals surface area contributed by atoms with Crippen molar-refractivity contribution < 1.29 is 22.7 Å². The van der Waals surface area contributed by atoms with Crippen molar-refractivity contribution in [1.29, 1.82) is 0 Å². The van der Waals surface area contributed by atoms with Crippen molar-refractivity contribution in [2.75, 3.05) is 32.8 Å². The summed E-state index contributed by atoms with van der Waals surface area (Å²) in [5.41, 5.74) is -0.172. The molecule has 1 atom stereocenters. The molecule has 9 heteroatoms. The predicted octanol–water partition coefficient (Wildman–Crippen LogP) is 1.67. The third-order valence-electron chi connectivity index (χ3n) is 5.42. The summed E-state index contributed by atoms with van der Waals surface area (Å²) in [7, 11) is -3.79. The van der Waals surface area contributed by atoms with Gasteiger partial charge in [0.25, 0.3) is 0 Å². The van der Waals surface area contributed by atoms with Gasteiger partial charge in [-0.1, -0.05) is 18.2 Å². The van der Waals surface area contributed by atoms with Gasteiger partial charge < -0.3 is 14.4 Å². The second-order valence-electron chi connectivity index (χ2n) is 7.53. The quantitative estimate of drug-likeness (QED) is 0.716. The molecule has 1 aromatic carbocycles. The molecule has 1 saturated heterocycles. The lowest BCUT2D eigenvalue weighted by molar-refractivity contribution is -0.135. The van der Waals surface area contributed by atoms with Gasteiger partial charge in [-0.3, -0.25) is 9.78 Å². The van der Waals surface area contributed by atoms with Gasteiger partial charge in [0, 0.05) is 25.8 Å². The van der Waals surface area contributed by atoms with Gasteiger partial charge in [-0.15, -0.1) is 0 Å². The Kier molecular flexibility index (Phi) is 5.77. The molecule has 0 unspecified atom stereocenters. The van der Waals surface area contributed by atoms with Crippen LogP contribution in [-0.2, 0) is 26.1 Å². The van der Waals surface area contributed by atoms with Crippen LogP contribution in [0.5, 0.6) is 5.75 Å². The number of benzene rings is 1. The molecule has 30 heavy (non-hydrogen) atoms. The van der Waals surface area contributed by atoms with Crippen molar-refractivity contribution in [3.63, 3.8) is 0 Å². The number of para-hydroxylation sites is 1. The van der Waals surface area contributed by atoms with Crippen molar-refractivity contribution in [2.24, 2.45) is 0 Å². The Morgan fingerprint density at radius 2 is 2.00 bits per heavy atom. The summed E-state index contributed by atoms with van der Waals surface area (Å²) < 4.78 is 39.9. The first-order valence-corrected chi connectivity index (χ1v) is 11.4. The standard InChI is InChI=1S/C21H25N3O5S/c1-2-28-14-20(25)23-12-10-21(15-23)16-24(13-17-7-5-6-11-22-17)30(26,27)19-9-4-3-8-18(19)29-21/h3-9,11H,2,10,12-16H2,1H3/t21-/m1/s1. The van der Waals surface area contributed by atoms with Crippen LogP contribution < -0.4 is 4.74 Å². The van der Waals surface area contributed by atoms with E-state index in [1.165, 1.54) is 4.31 Å². The number of rotatable bonds is 5. The van der Waals surface area contributed by atoms with E-state index >= 15 is 0 Å². The normalized spacial score (nSPS) is 23.0. The summed E-state index contributed by atoms with van der Waals surface area (Å²) in [6, 6.07) is 12.1. The first-order chi connectivity index (χ1) is 14.4. The lowest BCUT2D eigenvalue weighted by atomic mass is 10.0. The predicted molar refractivity (Wildman–Crippen MR) is 109 cm³/mol. The lowest BCUT2D eigenvalue weighted by Crippen LogP contribution is -2.49. The van der Waals surface area contributed by atoms with Crippen molar-refractivity contribution >= 4 is 15.9 Å². The number of hydrogen-bond donors (Lipinski definition) is 0. The van der Waals surface area contributed by atoms with Crippen LogP contribution in [0, 0.1) is 0 Å². The largest absolute Gasteiger partial charge is 0.483 e. The Balaban J connectivity index is 1.67. The van der Waals surface area contributed by atoms with Gasteiger partial charge in [-0.25, -0.2) is 8.42 Å². The molecule has 2 aliphatic rings. The summed E-state index contributed by atoms with van der Waals surface area (Å²) in [4.78, 5) is 18.6. The van der Waals surface area contributed by atoms with Crippen molar-refractivity contribution in [1.82, 2.24) is 14.2 Å². The number of ether oxygens (including phenoxy) is 2. The van der Waals surface area contributed by atoms with E-state index in [2.05, 4.69) is 4.98 Å². The van der Waals surface area contributed by atoms with E-state index in [-0.39, 0.29) is 30.5 Å². The summed E-state index contributed by atoms with van der Waals surface area (Å²) >= 11 is 0. The van der Waals surface area contributed by atoms with Crippen molar-refractivity contribution in [3.05, 3.63) is 54.4 Å². The number of nitrogens with zero attached hydrogens (tertiary/aromatic N) is 3. The molecule has 8 nitrogen and oxygen atoms in total. The zero-order valence-electron chi connectivity index (χ0n) is 16.9. The minimum atomic E-state index is -3.79. The average Bonchev–Trinajstić information content (AvgIpc) is 3.12. The van der Waals surface area contributed by atoms with E-state index in [1.54, 1.807) is 47.5 Å². The number of sulfonamides is 1. The molecule has 0 bridgehead atoms. The van der Waals surface area contributed by atoms with Crippen LogP contribution in [0.2, 0.25) is 0 Å². The highest BCUT2D eigenvalue weighted by molar-refractivity contribution is 7.89. The number of aromatic nitrogens is 1. The van der Waals surface area contributed by atoms with Gasteiger partial charge in [0.1, 0.15) is 22.9 Å². The van der Waals surface area contributed by atoms with E-state index in [0.717, 1.165) is 0 Å². The van der Waals surface area contributed by atoms with Crippen molar-refractivity contribution in [2.45, 2.75) is 30.4 Å². The molecule has 1 aromatic heterocycles. The van der Waals surface area contributed by atoms with E-state index < -0.39 is 15.6 Å². The molecule has 3 heterocycles. The Morgan fingerprint density at radius 3 is 2.77 bits per heavy atom. The number of amides is 1. The van der Waals surface area contributed by atoms with Gasteiger partial charge >= 0.3 is 0 Å². The molecule has 2 aliphatic heterocycles. The van der Waals surface area contributed by atoms with Crippen LogP contribution in [0.4, 0.5) is 0 Å². The number of hydrogen-bond acceptors (Lipinski definition) is 6. The van der Waals surface area contributed by atoms with Crippen LogP contribution in [0.15, 0.2) is 53.6 Å². The molecule has 4 rings (SSSR count). The highest BCUT2D eigenvalue weighted by atomic mass is 32.2. The number of fused-ring (bicyclic) bond motifs is 1. The first-order valence-electron chi connectivity index (χ1n) is 9.97. The average molecular weight is 432 g/mol. The van der Waals surface area contributed by atoms with Crippen molar-refractivity contribution in [3.8, 4) is 5.75 Å². The molecule has 160 valence electrons. The number of likely N-dealkylation sites (tertiary alicyclic amines) is 1. The fraction of sp³-hybridized carbons (Fsp3) is 0.429. The second-order valence-corrected chi connectivity index (χ2v) is 9.43. The van der Waals surface area contributed by atoms with Crippen LogP contribution in [0.3, 0.4) is 0 Å². The first kappa shape index (κ1) is 20.8. The number of pyridine rings is 1. The SMILES string of the molecule is CCOCC(=O)N1CC[C@@]2(C1)CN(Cc1ccccn1)S(=O)(=O)c1ccccc1O2. The topological polar surface area (TPSA) is 89.0 Å². The maximum absolute atomic E-state index is 13.4. The van der Waals surface area contributed by atoms with E-state index in [9.17, 15) is 13.2 Å². The van der Waals surface area contributed by atoms with E-state index in [0.29, 0.717) is 37.6 Å². The third-order valence-corrected chi connectivity index (χ3v) is 7.25. The number of carbonyl (C=O) groups excluding carboxylic acids is 1. The van der Waals surface area contributed by atoms with E-state index in [1.807, 2.05) is 13.0 Å². The van der Waals surface area contributed by atoms with Gasteiger partial charge in [-0.2, -0.15) is 4.31 Å². The highest BCUT2D eigenvalue weighted by Gasteiger charge is 2.48. The lowest BCUT2D eigenvalue weighted by Gasteiger charge is -2.31. The zero-order valence-corrected chi connectivity index (χ0v) is 17.7. The number of carbonyl (C=O) groups is 1. The third kappa shape index (κ3) is 4.05. The molecule has 0 N–H and O–H groups in total. The molecule has 1 amide bonds. The maximum atomic E-state index is 13.4. The molecule has 2 aromatic rings. The van der Waals surface area contributed by atoms with Crippen LogP contribution in [0.25, 0.3) is 0 Å². The Hall–Kier alpha value is -2.49. The summed E-state index contributed by atoms with van der Waals surface area (Å²) in [5, 5.41) is 0. The Bertz CT molecular complexity index is 1010. The molecular formula is C21H25N3O5S. The monoisotopic (exact) mass is 431 g/mol. The van der Waals surface area contributed by atoms with Gasteiger partial charge in [-0.05, 0) is 31.2 Å². The molecular weight excluding hydrogens is 406 g/mol. The fourth-order valence-electron chi connectivity index (χ4n) is 3.92. The van der Waals surface area contributed by atoms with E-state index in [4.69, 9.17) is 9.47 Å². The smallest absolute Gasteiger partial charge is 0.248 e. The van der Waals surface area contributed by atoms with Gasteiger partial charge in [0.2, 0.25) is 15.9 Å². The fourth-order valence-corrected chi connectivity index (χ4v) is 5.52. The van der Waals surface area contributed by atoms with Crippen LogP contribution in [0.1, 0.15) is 19.0 Å². The van der Waals surface area contributed by atoms with Gasteiger partial charge in [0.05, 0.1) is 25.3 Å². The zero-order chi connectivity index (χ0) is 21.2. The second kappa shape index (κ2) is 8.33. The molecule has 1 fully saturated rings. The maximum Gasteiger partial charge on any atom is 0.248 e.